The van der Waals surface area contributed by atoms with Crippen molar-refractivity contribution in [2.24, 2.45) is 17.8 Å². The van der Waals surface area contributed by atoms with Crippen LogP contribution < -0.4 is 16.0 Å². The summed E-state index contributed by atoms with van der Waals surface area (Å²) in [4.78, 5) is 49.1. The molecule has 2 heterocycles. The number of carbonyl (C=O) groups is 4. The number of carbonyl (C=O) groups excluding carboxylic acids is 3. The fourth-order valence-electron chi connectivity index (χ4n) is 3.96. The molecule has 2 fully saturated rings. The normalized spacial score (nSPS) is 21.3. The summed E-state index contributed by atoms with van der Waals surface area (Å²) in [6, 6.07) is 0. The zero-order valence-corrected chi connectivity index (χ0v) is 17.2. The lowest BCUT2D eigenvalue weighted by Gasteiger charge is -2.33. The Kier molecular flexibility index (Phi) is 9.37. The van der Waals surface area contributed by atoms with Gasteiger partial charge < -0.3 is 26.0 Å². The molecule has 2 aliphatic rings. The van der Waals surface area contributed by atoms with E-state index in [4.69, 9.17) is 0 Å². The van der Waals surface area contributed by atoms with E-state index in [0.717, 1.165) is 38.8 Å². The molecule has 29 heavy (non-hydrogen) atoms. The maximum atomic E-state index is 12.6. The van der Waals surface area contributed by atoms with Gasteiger partial charge in [0.15, 0.2) is 0 Å². The number of piperidine rings is 2. The van der Waals surface area contributed by atoms with E-state index in [0.29, 0.717) is 31.8 Å². The zero-order chi connectivity index (χ0) is 21.2. The van der Waals surface area contributed by atoms with E-state index in [1.165, 1.54) is 6.92 Å². The number of likely N-dealkylation sites (tertiary alicyclic amines) is 1. The Morgan fingerprint density at radius 1 is 1.10 bits per heavy atom. The Hall–Kier alpha value is -2.16. The monoisotopic (exact) mass is 410 g/mol. The Morgan fingerprint density at radius 2 is 1.79 bits per heavy atom. The van der Waals surface area contributed by atoms with Crippen LogP contribution in [0.3, 0.4) is 0 Å². The predicted octanol–water partition coefficient (Wildman–Crippen LogP) is -0.0421. The average Bonchev–Trinajstić information content (AvgIpc) is 2.72. The van der Waals surface area contributed by atoms with Crippen LogP contribution in [0.25, 0.3) is 0 Å². The van der Waals surface area contributed by atoms with Crippen LogP contribution in [-0.2, 0) is 19.2 Å². The summed E-state index contributed by atoms with van der Waals surface area (Å²) in [5, 5.41) is 17.7. The topological polar surface area (TPSA) is 128 Å². The number of amides is 3. The molecule has 0 saturated carbocycles. The highest BCUT2D eigenvalue weighted by Gasteiger charge is 2.29. The van der Waals surface area contributed by atoms with Crippen LogP contribution >= 0.6 is 0 Å². The second-order valence-corrected chi connectivity index (χ2v) is 8.13. The first-order valence-electron chi connectivity index (χ1n) is 10.6. The lowest BCUT2D eigenvalue weighted by Crippen LogP contribution is -2.47. The molecular formula is C20H34N4O5. The predicted molar refractivity (Wildman–Crippen MR) is 107 cm³/mol. The average molecular weight is 411 g/mol. The number of nitrogens with one attached hydrogen (secondary N) is 3. The van der Waals surface area contributed by atoms with Gasteiger partial charge in [-0.2, -0.15) is 0 Å². The molecule has 2 rings (SSSR count). The number of hydrogen-bond donors (Lipinski definition) is 4. The van der Waals surface area contributed by atoms with E-state index in [1.54, 1.807) is 4.90 Å². The van der Waals surface area contributed by atoms with E-state index in [1.807, 2.05) is 0 Å². The van der Waals surface area contributed by atoms with E-state index in [9.17, 15) is 24.3 Å². The highest BCUT2D eigenvalue weighted by Crippen LogP contribution is 2.21. The molecule has 0 aromatic heterocycles. The molecule has 0 aromatic rings. The molecule has 9 heteroatoms. The summed E-state index contributed by atoms with van der Waals surface area (Å²) < 4.78 is 0. The minimum Gasteiger partial charge on any atom is -0.481 e. The van der Waals surface area contributed by atoms with E-state index >= 15 is 0 Å². The highest BCUT2D eigenvalue weighted by molar-refractivity contribution is 5.82. The van der Waals surface area contributed by atoms with Gasteiger partial charge in [0.25, 0.3) is 0 Å². The van der Waals surface area contributed by atoms with Crippen LogP contribution in [-0.4, -0.2) is 73.0 Å². The van der Waals surface area contributed by atoms with Gasteiger partial charge in [-0.25, -0.2) is 0 Å². The molecule has 0 radical (unpaired) electrons. The summed E-state index contributed by atoms with van der Waals surface area (Å²) in [6.45, 7) is 4.34. The molecule has 0 aliphatic carbocycles. The van der Waals surface area contributed by atoms with Crippen LogP contribution in [0.2, 0.25) is 0 Å². The molecule has 0 aromatic carbocycles. The summed E-state index contributed by atoms with van der Waals surface area (Å²) in [6.07, 6.45) is 5.11. The number of hydrogen-bond acceptors (Lipinski definition) is 5. The van der Waals surface area contributed by atoms with Gasteiger partial charge in [-0.05, 0) is 51.1 Å². The van der Waals surface area contributed by atoms with Crippen molar-refractivity contribution >= 4 is 23.7 Å². The van der Waals surface area contributed by atoms with Crippen molar-refractivity contribution in [1.82, 2.24) is 20.9 Å². The van der Waals surface area contributed by atoms with Gasteiger partial charge in [0.2, 0.25) is 17.7 Å². The lowest BCUT2D eigenvalue weighted by molar-refractivity contribution is -0.141. The van der Waals surface area contributed by atoms with Gasteiger partial charge >= 0.3 is 5.97 Å². The number of carboxylic acid groups (broad SMARTS) is 1. The minimum atomic E-state index is -1.07. The molecule has 3 amide bonds. The summed E-state index contributed by atoms with van der Waals surface area (Å²) in [5.74, 6) is -2.10. The van der Waals surface area contributed by atoms with Crippen LogP contribution in [0.15, 0.2) is 0 Å². The van der Waals surface area contributed by atoms with Crippen LogP contribution in [0.4, 0.5) is 0 Å². The molecule has 2 atom stereocenters. The molecule has 164 valence electrons. The molecule has 2 saturated heterocycles. The Balaban J connectivity index is 1.76. The third kappa shape index (κ3) is 8.00. The summed E-state index contributed by atoms with van der Waals surface area (Å²) >= 11 is 0. The number of aliphatic carboxylic acids is 1. The molecule has 9 nitrogen and oxygen atoms in total. The van der Waals surface area contributed by atoms with Crippen LogP contribution in [0.5, 0.6) is 0 Å². The first kappa shape index (κ1) is 23.1. The maximum absolute atomic E-state index is 12.6. The lowest BCUT2D eigenvalue weighted by atomic mass is 9.92. The second-order valence-electron chi connectivity index (χ2n) is 8.13. The maximum Gasteiger partial charge on any atom is 0.310 e. The molecular weight excluding hydrogens is 376 g/mol. The third-order valence-electron chi connectivity index (χ3n) is 5.84. The first-order chi connectivity index (χ1) is 13.9. The molecule has 0 spiro atoms. The fraction of sp³-hybridized carbons (Fsp3) is 0.800. The fourth-order valence-corrected chi connectivity index (χ4v) is 3.96. The number of nitrogens with zero attached hydrogens (tertiary/aromatic N) is 1. The van der Waals surface area contributed by atoms with Crippen LogP contribution in [0.1, 0.15) is 45.4 Å². The largest absolute Gasteiger partial charge is 0.481 e. The summed E-state index contributed by atoms with van der Waals surface area (Å²) in [7, 11) is 0. The van der Waals surface area contributed by atoms with Gasteiger partial charge in [0, 0.05) is 39.5 Å². The quantitative estimate of drug-likeness (QED) is 0.422. The Morgan fingerprint density at radius 3 is 2.45 bits per heavy atom. The zero-order valence-electron chi connectivity index (χ0n) is 17.2. The first-order valence-corrected chi connectivity index (χ1v) is 10.6. The van der Waals surface area contributed by atoms with Crippen molar-refractivity contribution in [3.05, 3.63) is 0 Å². The van der Waals surface area contributed by atoms with Gasteiger partial charge in [-0.15, -0.1) is 0 Å². The second kappa shape index (κ2) is 11.7. The number of carboxylic acids is 1. The van der Waals surface area contributed by atoms with Gasteiger partial charge in [-0.1, -0.05) is 0 Å². The SMILES string of the molecule is CC(=O)NCC(CNC(=O)[C@@H]1CCCN(C(=O)CCC2CCNCC2)C1)C(=O)O. The molecule has 4 N–H and O–H groups in total. The van der Waals surface area contributed by atoms with Crippen molar-refractivity contribution in [3.8, 4) is 0 Å². The van der Waals surface area contributed by atoms with E-state index in [-0.39, 0.29) is 36.7 Å². The molecule has 0 bridgehead atoms. The van der Waals surface area contributed by atoms with E-state index in [2.05, 4.69) is 16.0 Å². The smallest absolute Gasteiger partial charge is 0.310 e. The van der Waals surface area contributed by atoms with Gasteiger partial charge in [0.1, 0.15) is 0 Å². The summed E-state index contributed by atoms with van der Waals surface area (Å²) in [5.41, 5.74) is 0. The van der Waals surface area contributed by atoms with Crippen molar-refractivity contribution < 1.29 is 24.3 Å². The minimum absolute atomic E-state index is 0.0308. The Bertz CT molecular complexity index is 591. The van der Waals surface area contributed by atoms with Crippen molar-refractivity contribution in [2.45, 2.75) is 45.4 Å². The van der Waals surface area contributed by atoms with Crippen molar-refractivity contribution in [2.75, 3.05) is 39.3 Å². The van der Waals surface area contributed by atoms with Crippen LogP contribution in [0, 0.1) is 17.8 Å². The third-order valence-corrected chi connectivity index (χ3v) is 5.84. The molecule has 2 aliphatic heterocycles. The van der Waals surface area contributed by atoms with Gasteiger partial charge in [0.05, 0.1) is 11.8 Å². The standard InChI is InChI=1S/C20H34N4O5/c1-14(25)22-11-17(20(28)29)12-23-19(27)16-3-2-10-24(13-16)18(26)5-4-15-6-8-21-9-7-15/h15-17,21H,2-13H2,1H3,(H,22,25)(H,23,27)(H,28,29)/t16-,17?/m1/s1. The Labute approximate surface area is 172 Å². The van der Waals surface area contributed by atoms with Crippen molar-refractivity contribution in [3.63, 3.8) is 0 Å². The van der Waals surface area contributed by atoms with Crippen molar-refractivity contribution in [1.29, 1.82) is 0 Å². The highest BCUT2D eigenvalue weighted by atomic mass is 16.4. The molecule has 1 unspecified atom stereocenters. The van der Waals surface area contributed by atoms with Gasteiger partial charge in [-0.3, -0.25) is 19.2 Å². The van der Waals surface area contributed by atoms with E-state index < -0.39 is 11.9 Å². The number of rotatable bonds is 9.